The molecule has 0 spiro atoms. The first kappa shape index (κ1) is 13.7. The Morgan fingerprint density at radius 2 is 1.84 bits per heavy atom. The van der Waals surface area contributed by atoms with E-state index < -0.39 is 0 Å². The fraction of sp³-hybridized carbons (Fsp3) is 0.375. The molecule has 0 aliphatic heterocycles. The molecular formula is C16H21N3. The van der Waals surface area contributed by atoms with Crippen molar-refractivity contribution in [2.24, 2.45) is 5.73 Å². The maximum absolute atomic E-state index is 6.02. The lowest BCUT2D eigenvalue weighted by Gasteiger charge is -2.17. The summed E-state index contributed by atoms with van der Waals surface area (Å²) in [5.41, 5.74) is 10.4. The van der Waals surface area contributed by atoms with Gasteiger partial charge in [0.2, 0.25) is 0 Å². The van der Waals surface area contributed by atoms with Crippen LogP contribution in [0.15, 0.2) is 30.5 Å². The topological polar surface area (TPSA) is 51.8 Å². The molecular weight excluding hydrogens is 234 g/mol. The van der Waals surface area contributed by atoms with Crippen molar-refractivity contribution >= 4 is 0 Å². The molecule has 3 heteroatoms. The van der Waals surface area contributed by atoms with Crippen LogP contribution in [0.5, 0.6) is 0 Å². The first-order valence-corrected chi connectivity index (χ1v) is 6.53. The van der Waals surface area contributed by atoms with Gasteiger partial charge >= 0.3 is 0 Å². The van der Waals surface area contributed by atoms with Crippen LogP contribution >= 0.6 is 0 Å². The second-order valence-electron chi connectivity index (χ2n) is 5.82. The molecule has 1 aromatic carbocycles. The third-order valence-corrected chi connectivity index (χ3v) is 3.12. The Morgan fingerprint density at radius 3 is 2.47 bits per heavy atom. The van der Waals surface area contributed by atoms with Crippen LogP contribution in [0.25, 0.3) is 11.3 Å². The molecule has 19 heavy (non-hydrogen) atoms. The molecule has 0 aliphatic carbocycles. The Hall–Kier alpha value is -1.74. The van der Waals surface area contributed by atoms with Gasteiger partial charge in [0.1, 0.15) is 5.82 Å². The summed E-state index contributed by atoms with van der Waals surface area (Å²) in [5, 5.41) is 0. The van der Waals surface area contributed by atoms with Crippen LogP contribution < -0.4 is 5.73 Å². The third kappa shape index (κ3) is 3.61. The van der Waals surface area contributed by atoms with E-state index in [1.807, 2.05) is 19.9 Å². The van der Waals surface area contributed by atoms with Crippen molar-refractivity contribution in [3.63, 3.8) is 0 Å². The summed E-state index contributed by atoms with van der Waals surface area (Å²) in [6, 6.07) is 8.33. The van der Waals surface area contributed by atoms with Crippen LogP contribution in [0.2, 0.25) is 0 Å². The van der Waals surface area contributed by atoms with Crippen LogP contribution in [0.4, 0.5) is 0 Å². The highest BCUT2D eigenvalue weighted by Gasteiger charge is 2.14. The first-order chi connectivity index (χ1) is 8.85. The second-order valence-corrected chi connectivity index (χ2v) is 5.82. The van der Waals surface area contributed by atoms with Gasteiger partial charge in [0.25, 0.3) is 0 Å². The number of hydrogen-bond acceptors (Lipinski definition) is 3. The molecule has 1 heterocycles. The Kier molecular flexibility index (Phi) is 3.67. The highest BCUT2D eigenvalue weighted by Crippen LogP contribution is 2.20. The third-order valence-electron chi connectivity index (χ3n) is 3.12. The molecule has 0 bridgehead atoms. The normalized spacial score (nSPS) is 11.6. The van der Waals surface area contributed by atoms with Crippen LogP contribution in [-0.4, -0.2) is 15.5 Å². The molecule has 2 rings (SSSR count). The number of benzene rings is 1. The van der Waals surface area contributed by atoms with Crippen molar-refractivity contribution in [2.75, 3.05) is 0 Å². The minimum atomic E-state index is -0.290. The van der Waals surface area contributed by atoms with Gasteiger partial charge in [-0.05, 0) is 51.0 Å². The number of rotatable bonds is 3. The maximum Gasteiger partial charge on any atom is 0.130 e. The lowest BCUT2D eigenvalue weighted by atomic mass is 10.0. The number of nitrogens with two attached hydrogens (primary N) is 1. The summed E-state index contributed by atoms with van der Waals surface area (Å²) in [5.74, 6) is 0.795. The summed E-state index contributed by atoms with van der Waals surface area (Å²) in [4.78, 5) is 8.91. The Labute approximate surface area is 114 Å². The summed E-state index contributed by atoms with van der Waals surface area (Å²) in [6.45, 7) is 8.20. The van der Waals surface area contributed by atoms with Crippen LogP contribution in [-0.2, 0) is 6.42 Å². The lowest BCUT2D eigenvalue weighted by molar-refractivity contribution is 0.502. The Balaban J connectivity index is 2.35. The average molecular weight is 255 g/mol. The maximum atomic E-state index is 6.02. The number of hydrogen-bond donors (Lipinski definition) is 1. The molecule has 1 aromatic heterocycles. The molecule has 0 saturated carbocycles. The predicted molar refractivity (Wildman–Crippen MR) is 78.9 cm³/mol. The van der Waals surface area contributed by atoms with E-state index in [9.17, 15) is 0 Å². The zero-order valence-corrected chi connectivity index (χ0v) is 12.1. The molecule has 0 atom stereocenters. The molecule has 0 aliphatic rings. The van der Waals surface area contributed by atoms with Crippen LogP contribution in [0, 0.1) is 13.8 Å². The smallest absolute Gasteiger partial charge is 0.130 e. The highest BCUT2D eigenvalue weighted by atomic mass is 14.9. The molecule has 100 valence electrons. The van der Waals surface area contributed by atoms with Gasteiger partial charge in [-0.25, -0.2) is 9.97 Å². The van der Waals surface area contributed by atoms with Gasteiger partial charge in [-0.1, -0.05) is 12.1 Å². The summed E-state index contributed by atoms with van der Waals surface area (Å²) >= 11 is 0. The number of aromatic nitrogens is 2. The zero-order chi connectivity index (χ0) is 14.0. The van der Waals surface area contributed by atoms with Crippen LogP contribution in [0.3, 0.4) is 0 Å². The molecule has 0 radical (unpaired) electrons. The van der Waals surface area contributed by atoms with E-state index in [2.05, 4.69) is 42.0 Å². The minimum Gasteiger partial charge on any atom is -0.325 e. The van der Waals surface area contributed by atoms with Gasteiger partial charge in [0, 0.05) is 23.7 Å². The minimum absolute atomic E-state index is 0.290. The van der Waals surface area contributed by atoms with E-state index in [1.165, 1.54) is 11.1 Å². The van der Waals surface area contributed by atoms with Gasteiger partial charge < -0.3 is 5.73 Å². The van der Waals surface area contributed by atoms with E-state index in [0.717, 1.165) is 17.1 Å². The number of nitrogens with zero attached hydrogens (tertiary/aromatic N) is 2. The monoisotopic (exact) mass is 255 g/mol. The lowest BCUT2D eigenvalue weighted by Crippen LogP contribution is -2.35. The second kappa shape index (κ2) is 5.10. The standard InChI is InChI=1S/C16H21N3/c1-11-5-6-13(9-12(11)2)14-7-8-18-15(19-14)10-16(3,4)17/h5-9H,10,17H2,1-4H3. The zero-order valence-electron chi connectivity index (χ0n) is 12.1. The Morgan fingerprint density at radius 1 is 1.11 bits per heavy atom. The van der Waals surface area contributed by atoms with Gasteiger partial charge in [-0.3, -0.25) is 0 Å². The van der Waals surface area contributed by atoms with Crippen LogP contribution in [0.1, 0.15) is 30.8 Å². The fourth-order valence-corrected chi connectivity index (χ4v) is 1.95. The van der Waals surface area contributed by atoms with E-state index >= 15 is 0 Å². The highest BCUT2D eigenvalue weighted by molar-refractivity contribution is 5.60. The van der Waals surface area contributed by atoms with Crippen molar-refractivity contribution in [3.8, 4) is 11.3 Å². The van der Waals surface area contributed by atoms with Crippen molar-refractivity contribution in [2.45, 2.75) is 39.7 Å². The quantitative estimate of drug-likeness (QED) is 0.917. The SMILES string of the molecule is Cc1ccc(-c2ccnc(CC(C)(C)N)n2)cc1C. The van der Waals surface area contributed by atoms with E-state index in [4.69, 9.17) is 5.73 Å². The van der Waals surface area contributed by atoms with Crippen molar-refractivity contribution < 1.29 is 0 Å². The average Bonchev–Trinajstić information content (AvgIpc) is 2.31. The molecule has 2 aromatic rings. The number of aryl methyl sites for hydroxylation is 2. The van der Waals surface area contributed by atoms with Crippen molar-refractivity contribution in [3.05, 3.63) is 47.4 Å². The van der Waals surface area contributed by atoms with Gasteiger partial charge in [-0.15, -0.1) is 0 Å². The summed E-state index contributed by atoms with van der Waals surface area (Å²) in [7, 11) is 0. The van der Waals surface area contributed by atoms with Gasteiger partial charge in [-0.2, -0.15) is 0 Å². The summed E-state index contributed by atoms with van der Waals surface area (Å²) in [6.07, 6.45) is 2.48. The van der Waals surface area contributed by atoms with E-state index in [0.29, 0.717) is 6.42 Å². The predicted octanol–water partition coefficient (Wildman–Crippen LogP) is 3.04. The molecule has 0 unspecified atom stereocenters. The molecule has 3 nitrogen and oxygen atoms in total. The van der Waals surface area contributed by atoms with Gasteiger partial charge in [0.05, 0.1) is 5.69 Å². The van der Waals surface area contributed by atoms with E-state index in [-0.39, 0.29) is 5.54 Å². The fourth-order valence-electron chi connectivity index (χ4n) is 1.95. The largest absolute Gasteiger partial charge is 0.325 e. The van der Waals surface area contributed by atoms with E-state index in [1.54, 1.807) is 6.20 Å². The molecule has 0 fully saturated rings. The van der Waals surface area contributed by atoms with Crippen molar-refractivity contribution in [1.29, 1.82) is 0 Å². The van der Waals surface area contributed by atoms with Crippen molar-refractivity contribution in [1.82, 2.24) is 9.97 Å². The molecule has 2 N–H and O–H groups in total. The summed E-state index contributed by atoms with van der Waals surface area (Å²) < 4.78 is 0. The Bertz CT molecular complexity index is 583. The molecule has 0 saturated heterocycles. The van der Waals surface area contributed by atoms with Gasteiger partial charge in [0.15, 0.2) is 0 Å². The first-order valence-electron chi connectivity index (χ1n) is 6.53. The molecule has 0 amide bonds.